The van der Waals surface area contributed by atoms with Gasteiger partial charge in [-0.2, -0.15) is 10.2 Å². The number of hydrogen-bond donors (Lipinski definition) is 2. The van der Waals surface area contributed by atoms with Gasteiger partial charge in [-0.3, -0.25) is 9.48 Å². The quantitative estimate of drug-likeness (QED) is 0.635. The third-order valence-corrected chi connectivity index (χ3v) is 2.50. The molecule has 0 bridgehead atoms. The molecule has 0 radical (unpaired) electrons. The lowest BCUT2D eigenvalue weighted by atomic mass is 10.2. The molecule has 0 aliphatic rings. The highest BCUT2D eigenvalue weighted by molar-refractivity contribution is 5.82. The van der Waals surface area contributed by atoms with Crippen LogP contribution >= 0.6 is 0 Å². The van der Waals surface area contributed by atoms with E-state index < -0.39 is 0 Å². The van der Waals surface area contributed by atoms with Crippen molar-refractivity contribution in [3.63, 3.8) is 0 Å². The van der Waals surface area contributed by atoms with Gasteiger partial charge in [0.05, 0.1) is 6.21 Å². The first-order valence-electron chi connectivity index (χ1n) is 5.74. The molecule has 0 aliphatic carbocycles. The fourth-order valence-electron chi connectivity index (χ4n) is 1.52. The topological polar surface area (TPSA) is 79.5 Å². The molecule has 0 spiro atoms. The van der Waals surface area contributed by atoms with E-state index in [0.29, 0.717) is 5.56 Å². The lowest BCUT2D eigenvalue weighted by Gasteiger charge is -2.02. The molecule has 2 rings (SSSR count). The van der Waals surface area contributed by atoms with Crippen molar-refractivity contribution in [1.82, 2.24) is 15.2 Å². The van der Waals surface area contributed by atoms with Crippen LogP contribution in [0, 0.1) is 6.92 Å². The van der Waals surface area contributed by atoms with Crippen LogP contribution in [0.15, 0.2) is 41.6 Å². The van der Waals surface area contributed by atoms with Gasteiger partial charge < -0.3 is 5.11 Å². The van der Waals surface area contributed by atoms with Crippen LogP contribution in [0.2, 0.25) is 0 Å². The summed E-state index contributed by atoms with van der Waals surface area (Å²) < 4.78 is 1.58. The monoisotopic (exact) mass is 258 g/mol. The van der Waals surface area contributed by atoms with Crippen LogP contribution in [0.25, 0.3) is 0 Å². The summed E-state index contributed by atoms with van der Waals surface area (Å²) in [7, 11) is 0. The molecular weight excluding hydrogens is 244 g/mol. The Labute approximate surface area is 110 Å². The average molecular weight is 258 g/mol. The summed E-state index contributed by atoms with van der Waals surface area (Å²) in [6, 6.07) is 8.41. The van der Waals surface area contributed by atoms with Crippen LogP contribution in [-0.4, -0.2) is 27.0 Å². The van der Waals surface area contributed by atoms with E-state index in [2.05, 4.69) is 15.6 Å². The van der Waals surface area contributed by atoms with Crippen molar-refractivity contribution in [2.45, 2.75) is 13.5 Å². The molecule has 2 aromatic rings. The molecule has 1 heterocycles. The molecule has 0 saturated carbocycles. The Morgan fingerprint density at radius 3 is 3.05 bits per heavy atom. The number of hydrogen-bond acceptors (Lipinski definition) is 4. The number of benzene rings is 1. The number of aryl methyl sites for hydroxylation is 1. The number of amides is 1. The zero-order valence-corrected chi connectivity index (χ0v) is 10.4. The third-order valence-electron chi connectivity index (χ3n) is 2.50. The lowest BCUT2D eigenvalue weighted by Crippen LogP contribution is -2.24. The summed E-state index contributed by atoms with van der Waals surface area (Å²) in [6.45, 7) is 1.99. The zero-order chi connectivity index (χ0) is 13.7. The third kappa shape index (κ3) is 3.67. The minimum atomic E-state index is -0.261. The summed E-state index contributed by atoms with van der Waals surface area (Å²) in [5, 5.41) is 17.1. The Morgan fingerprint density at radius 2 is 2.37 bits per heavy atom. The van der Waals surface area contributed by atoms with Crippen molar-refractivity contribution in [3.8, 4) is 5.75 Å². The number of carbonyl (C=O) groups is 1. The minimum Gasteiger partial charge on any atom is -0.508 e. The van der Waals surface area contributed by atoms with Gasteiger partial charge in [0.1, 0.15) is 12.3 Å². The highest BCUT2D eigenvalue weighted by Gasteiger charge is 2.03. The van der Waals surface area contributed by atoms with Gasteiger partial charge in [0.15, 0.2) is 0 Å². The minimum absolute atomic E-state index is 0.121. The van der Waals surface area contributed by atoms with Crippen molar-refractivity contribution < 1.29 is 9.90 Å². The van der Waals surface area contributed by atoms with Crippen molar-refractivity contribution >= 4 is 12.1 Å². The smallest absolute Gasteiger partial charge is 0.261 e. The number of hydrazone groups is 1. The lowest BCUT2D eigenvalue weighted by molar-refractivity contribution is -0.121. The van der Waals surface area contributed by atoms with Crippen LogP contribution in [0.4, 0.5) is 0 Å². The maximum Gasteiger partial charge on any atom is 0.261 e. The van der Waals surface area contributed by atoms with Gasteiger partial charge in [-0.1, -0.05) is 12.1 Å². The standard InChI is InChI=1S/C13H14N4O2/c1-10-5-6-15-17(10)9-13(19)16-14-8-11-3-2-4-12(18)7-11/h2-8,18H,9H2,1H3,(H,16,19)/b14-8-. The Bertz CT molecular complexity index is 604. The molecule has 19 heavy (non-hydrogen) atoms. The van der Waals surface area contributed by atoms with E-state index in [9.17, 15) is 9.90 Å². The normalized spacial score (nSPS) is 10.8. The summed E-state index contributed by atoms with van der Waals surface area (Å²) in [5.41, 5.74) is 4.02. The van der Waals surface area contributed by atoms with Crippen molar-refractivity contribution in [2.24, 2.45) is 5.10 Å². The highest BCUT2D eigenvalue weighted by atomic mass is 16.3. The van der Waals surface area contributed by atoms with Gasteiger partial charge in [0.25, 0.3) is 5.91 Å². The molecule has 0 unspecified atom stereocenters. The summed E-state index contributed by atoms with van der Waals surface area (Å²) >= 11 is 0. The first-order valence-corrected chi connectivity index (χ1v) is 5.74. The number of phenolic OH excluding ortho intramolecular Hbond substituents is 1. The molecule has 98 valence electrons. The van der Waals surface area contributed by atoms with Crippen LogP contribution in [0.1, 0.15) is 11.3 Å². The van der Waals surface area contributed by atoms with Crippen LogP contribution in [0.5, 0.6) is 5.75 Å². The molecule has 0 aliphatic heterocycles. The molecule has 0 saturated heterocycles. The molecule has 6 nitrogen and oxygen atoms in total. The highest BCUT2D eigenvalue weighted by Crippen LogP contribution is 2.08. The maximum absolute atomic E-state index is 11.6. The van der Waals surface area contributed by atoms with Gasteiger partial charge in [-0.25, -0.2) is 5.43 Å². The first-order chi connectivity index (χ1) is 9.15. The van der Waals surface area contributed by atoms with E-state index in [1.54, 1.807) is 35.1 Å². The van der Waals surface area contributed by atoms with Gasteiger partial charge in [0, 0.05) is 11.9 Å². The van der Waals surface area contributed by atoms with E-state index in [1.807, 2.05) is 13.0 Å². The number of rotatable bonds is 4. The number of aromatic nitrogens is 2. The number of carbonyl (C=O) groups excluding carboxylic acids is 1. The molecule has 2 N–H and O–H groups in total. The number of aromatic hydroxyl groups is 1. The predicted molar refractivity (Wildman–Crippen MR) is 70.8 cm³/mol. The Morgan fingerprint density at radius 1 is 1.53 bits per heavy atom. The molecular formula is C13H14N4O2. The van der Waals surface area contributed by atoms with E-state index in [0.717, 1.165) is 5.69 Å². The van der Waals surface area contributed by atoms with Crippen LogP contribution < -0.4 is 5.43 Å². The van der Waals surface area contributed by atoms with Crippen LogP contribution in [-0.2, 0) is 11.3 Å². The van der Waals surface area contributed by atoms with E-state index in [-0.39, 0.29) is 18.2 Å². The second kappa shape index (κ2) is 5.81. The zero-order valence-electron chi connectivity index (χ0n) is 10.4. The maximum atomic E-state index is 11.6. The largest absolute Gasteiger partial charge is 0.508 e. The first kappa shape index (κ1) is 12.8. The fourth-order valence-corrected chi connectivity index (χ4v) is 1.52. The number of nitrogens with zero attached hydrogens (tertiary/aromatic N) is 3. The second-order valence-electron chi connectivity index (χ2n) is 4.02. The van der Waals surface area contributed by atoms with Crippen LogP contribution in [0.3, 0.4) is 0 Å². The van der Waals surface area contributed by atoms with E-state index in [1.165, 1.54) is 6.21 Å². The van der Waals surface area contributed by atoms with Crippen molar-refractivity contribution in [1.29, 1.82) is 0 Å². The molecule has 0 fully saturated rings. The molecule has 0 atom stereocenters. The van der Waals surface area contributed by atoms with Crippen molar-refractivity contribution in [2.75, 3.05) is 0 Å². The molecule has 1 aromatic heterocycles. The number of nitrogens with one attached hydrogen (secondary N) is 1. The fraction of sp³-hybridized carbons (Fsp3) is 0.154. The SMILES string of the molecule is Cc1ccnn1CC(=O)N/N=C\c1cccc(O)c1. The van der Waals surface area contributed by atoms with Crippen molar-refractivity contribution in [3.05, 3.63) is 47.8 Å². The Hall–Kier alpha value is -2.63. The average Bonchev–Trinajstić information content (AvgIpc) is 2.75. The van der Waals surface area contributed by atoms with Gasteiger partial charge in [0.2, 0.25) is 0 Å². The Balaban J connectivity index is 1.88. The van der Waals surface area contributed by atoms with E-state index >= 15 is 0 Å². The summed E-state index contributed by atoms with van der Waals surface area (Å²) in [5.74, 6) is -0.106. The van der Waals surface area contributed by atoms with Gasteiger partial charge >= 0.3 is 0 Å². The van der Waals surface area contributed by atoms with E-state index in [4.69, 9.17) is 0 Å². The summed E-state index contributed by atoms with van der Waals surface area (Å²) in [4.78, 5) is 11.6. The predicted octanol–water partition coefficient (Wildman–Crippen LogP) is 1.05. The Kier molecular flexibility index (Phi) is 3.92. The molecule has 1 aromatic carbocycles. The molecule has 6 heteroatoms. The van der Waals surface area contributed by atoms with Gasteiger partial charge in [-0.15, -0.1) is 0 Å². The summed E-state index contributed by atoms with van der Waals surface area (Å²) in [6.07, 6.45) is 3.10. The second-order valence-corrected chi connectivity index (χ2v) is 4.02. The number of phenols is 1. The van der Waals surface area contributed by atoms with Gasteiger partial charge in [-0.05, 0) is 30.7 Å². The molecule has 1 amide bonds.